The van der Waals surface area contributed by atoms with Gasteiger partial charge in [-0.2, -0.15) is 0 Å². The van der Waals surface area contributed by atoms with Gasteiger partial charge in [0, 0.05) is 13.1 Å². The van der Waals surface area contributed by atoms with Crippen LogP contribution in [-0.4, -0.2) is 28.0 Å². The summed E-state index contributed by atoms with van der Waals surface area (Å²) in [5.41, 5.74) is 1.55. The van der Waals surface area contributed by atoms with Crippen LogP contribution in [0.15, 0.2) is 24.3 Å². The lowest BCUT2D eigenvalue weighted by Crippen LogP contribution is -2.35. The zero-order chi connectivity index (χ0) is 16.6. The van der Waals surface area contributed by atoms with Crippen molar-refractivity contribution in [2.24, 2.45) is 5.92 Å². The summed E-state index contributed by atoms with van der Waals surface area (Å²) in [6, 6.07) is 6.96. The van der Waals surface area contributed by atoms with Crippen LogP contribution >= 0.6 is 0 Å². The third kappa shape index (κ3) is 7.42. The van der Waals surface area contributed by atoms with Crippen molar-refractivity contribution in [1.29, 1.82) is 0 Å². The lowest BCUT2D eigenvalue weighted by atomic mass is 10.1. The molecule has 0 bridgehead atoms. The maximum atomic E-state index is 11.6. The van der Waals surface area contributed by atoms with Crippen molar-refractivity contribution in [3.05, 3.63) is 35.4 Å². The van der Waals surface area contributed by atoms with Gasteiger partial charge < -0.3 is 10.6 Å². The van der Waals surface area contributed by atoms with Gasteiger partial charge in [-0.3, -0.25) is 0 Å². The Kier molecular flexibility index (Phi) is 7.34. The smallest absolute Gasteiger partial charge is 0.315 e. The lowest BCUT2D eigenvalue weighted by Gasteiger charge is -2.10. The van der Waals surface area contributed by atoms with Crippen LogP contribution in [0.1, 0.15) is 31.4 Å². The Balaban J connectivity index is 2.48. The van der Waals surface area contributed by atoms with Crippen LogP contribution in [0.4, 0.5) is 4.79 Å². The van der Waals surface area contributed by atoms with Crippen LogP contribution in [0.3, 0.4) is 0 Å². The molecule has 0 unspecified atom stereocenters. The average molecular weight is 327 g/mol. The number of hydrogen-bond acceptors (Lipinski definition) is 3. The largest absolute Gasteiger partial charge is 0.338 e. The zero-order valence-corrected chi connectivity index (χ0v) is 14.2. The molecule has 0 aliphatic heterocycles. The number of carbonyl (C=O) groups excluding carboxylic acids is 1. The SMILES string of the molecule is CNS(=O)(=O)Cc1cccc(CNC(=O)NCCC(C)C)c1. The van der Waals surface area contributed by atoms with E-state index in [1.54, 1.807) is 18.2 Å². The Morgan fingerprint density at radius 3 is 2.50 bits per heavy atom. The van der Waals surface area contributed by atoms with Gasteiger partial charge in [-0.05, 0) is 30.5 Å². The Morgan fingerprint density at radius 2 is 1.86 bits per heavy atom. The van der Waals surface area contributed by atoms with Gasteiger partial charge in [0.1, 0.15) is 0 Å². The van der Waals surface area contributed by atoms with Crippen LogP contribution in [0.25, 0.3) is 0 Å². The van der Waals surface area contributed by atoms with Crippen LogP contribution < -0.4 is 15.4 Å². The second-order valence-electron chi connectivity index (χ2n) is 5.58. The van der Waals surface area contributed by atoms with Crippen molar-refractivity contribution < 1.29 is 13.2 Å². The van der Waals surface area contributed by atoms with E-state index in [1.165, 1.54) is 7.05 Å². The molecule has 0 radical (unpaired) electrons. The zero-order valence-electron chi connectivity index (χ0n) is 13.3. The molecular formula is C15H25N3O3S. The van der Waals surface area contributed by atoms with Gasteiger partial charge in [0.15, 0.2) is 0 Å². The highest BCUT2D eigenvalue weighted by Gasteiger charge is 2.09. The molecule has 0 saturated heterocycles. The summed E-state index contributed by atoms with van der Waals surface area (Å²) in [6.07, 6.45) is 0.935. The van der Waals surface area contributed by atoms with Gasteiger partial charge in [0.25, 0.3) is 0 Å². The highest BCUT2D eigenvalue weighted by atomic mass is 32.2. The molecule has 0 aromatic heterocycles. The fraction of sp³-hybridized carbons (Fsp3) is 0.533. The molecule has 1 aromatic carbocycles. The summed E-state index contributed by atoms with van der Waals surface area (Å²) in [6.45, 7) is 5.21. The third-order valence-electron chi connectivity index (χ3n) is 3.12. The van der Waals surface area contributed by atoms with Gasteiger partial charge in [-0.1, -0.05) is 38.1 Å². The van der Waals surface area contributed by atoms with Crippen LogP contribution in [0.2, 0.25) is 0 Å². The van der Waals surface area contributed by atoms with Crippen LogP contribution in [-0.2, 0) is 22.3 Å². The first kappa shape index (κ1) is 18.4. The summed E-state index contributed by atoms with van der Waals surface area (Å²) in [4.78, 5) is 11.6. The van der Waals surface area contributed by atoms with Gasteiger partial charge in [0.2, 0.25) is 10.0 Å². The average Bonchev–Trinajstić information content (AvgIpc) is 2.45. The first-order valence-electron chi connectivity index (χ1n) is 7.33. The monoisotopic (exact) mass is 327 g/mol. The van der Waals surface area contributed by atoms with Crippen molar-refractivity contribution in [2.45, 2.75) is 32.6 Å². The van der Waals surface area contributed by atoms with Gasteiger partial charge in [-0.25, -0.2) is 17.9 Å². The molecule has 3 N–H and O–H groups in total. The molecule has 124 valence electrons. The summed E-state index contributed by atoms with van der Waals surface area (Å²) in [5, 5.41) is 5.55. The Morgan fingerprint density at radius 1 is 1.18 bits per heavy atom. The van der Waals surface area contributed by atoms with Crippen LogP contribution in [0, 0.1) is 5.92 Å². The van der Waals surface area contributed by atoms with E-state index in [2.05, 4.69) is 29.2 Å². The first-order valence-corrected chi connectivity index (χ1v) is 8.98. The number of carbonyl (C=O) groups is 1. The van der Waals surface area contributed by atoms with E-state index in [-0.39, 0.29) is 11.8 Å². The molecule has 0 saturated carbocycles. The molecule has 6 nitrogen and oxygen atoms in total. The van der Waals surface area contributed by atoms with Gasteiger partial charge in [0.05, 0.1) is 5.75 Å². The second-order valence-corrected chi connectivity index (χ2v) is 7.50. The minimum absolute atomic E-state index is 0.0715. The molecule has 1 aromatic rings. The molecule has 2 amide bonds. The topological polar surface area (TPSA) is 87.3 Å². The van der Waals surface area contributed by atoms with Crippen molar-refractivity contribution in [3.63, 3.8) is 0 Å². The predicted molar refractivity (Wildman–Crippen MR) is 87.8 cm³/mol. The van der Waals surface area contributed by atoms with Gasteiger partial charge in [-0.15, -0.1) is 0 Å². The van der Waals surface area contributed by atoms with E-state index in [9.17, 15) is 13.2 Å². The normalized spacial score (nSPS) is 11.5. The highest BCUT2D eigenvalue weighted by molar-refractivity contribution is 7.88. The standard InChI is InChI=1S/C15H25N3O3S/c1-12(2)7-8-17-15(19)18-10-13-5-4-6-14(9-13)11-22(20,21)16-3/h4-6,9,12,16H,7-8,10-11H2,1-3H3,(H2,17,18,19). The lowest BCUT2D eigenvalue weighted by molar-refractivity contribution is 0.240. The maximum Gasteiger partial charge on any atom is 0.315 e. The Hall–Kier alpha value is -1.60. The molecule has 7 heteroatoms. The molecular weight excluding hydrogens is 302 g/mol. The molecule has 1 rings (SSSR count). The summed E-state index contributed by atoms with van der Waals surface area (Å²) in [5.74, 6) is 0.476. The number of hydrogen-bond donors (Lipinski definition) is 3. The Bertz CT molecular complexity index is 585. The van der Waals surface area contributed by atoms with Crippen molar-refractivity contribution in [1.82, 2.24) is 15.4 Å². The van der Waals surface area contributed by atoms with Crippen LogP contribution in [0.5, 0.6) is 0 Å². The summed E-state index contributed by atoms with van der Waals surface area (Å²) >= 11 is 0. The fourth-order valence-corrected chi connectivity index (χ4v) is 2.60. The van der Waals surface area contributed by atoms with Crippen molar-refractivity contribution >= 4 is 16.1 Å². The molecule has 0 atom stereocenters. The number of amides is 2. The number of rotatable bonds is 8. The van der Waals surface area contributed by atoms with E-state index in [0.29, 0.717) is 24.6 Å². The number of benzene rings is 1. The molecule has 0 aliphatic rings. The predicted octanol–water partition coefficient (Wildman–Crippen LogP) is 1.58. The molecule has 0 fully saturated rings. The number of nitrogens with one attached hydrogen (secondary N) is 3. The Labute approximate surface area is 132 Å². The first-order chi connectivity index (χ1) is 10.3. The molecule has 0 spiro atoms. The van der Waals surface area contributed by atoms with E-state index in [4.69, 9.17) is 0 Å². The fourth-order valence-electron chi connectivity index (χ4n) is 1.84. The van der Waals surface area contributed by atoms with E-state index < -0.39 is 10.0 Å². The van der Waals surface area contributed by atoms with Crippen molar-refractivity contribution in [2.75, 3.05) is 13.6 Å². The highest BCUT2D eigenvalue weighted by Crippen LogP contribution is 2.08. The quantitative estimate of drug-likeness (QED) is 0.677. The maximum absolute atomic E-state index is 11.6. The summed E-state index contributed by atoms with van der Waals surface area (Å²) in [7, 11) is -1.90. The molecule has 0 aliphatic carbocycles. The minimum Gasteiger partial charge on any atom is -0.338 e. The van der Waals surface area contributed by atoms with Gasteiger partial charge >= 0.3 is 6.03 Å². The number of sulfonamides is 1. The minimum atomic E-state index is -3.29. The molecule has 0 heterocycles. The molecule has 22 heavy (non-hydrogen) atoms. The van der Waals surface area contributed by atoms with E-state index in [1.807, 2.05) is 6.07 Å². The van der Waals surface area contributed by atoms with E-state index >= 15 is 0 Å². The van der Waals surface area contributed by atoms with Crippen molar-refractivity contribution in [3.8, 4) is 0 Å². The third-order valence-corrected chi connectivity index (χ3v) is 4.45. The second kappa shape index (κ2) is 8.75. The summed E-state index contributed by atoms with van der Waals surface area (Å²) < 4.78 is 25.3. The number of urea groups is 1. The van der Waals surface area contributed by atoms with E-state index in [0.717, 1.165) is 12.0 Å².